The number of allylic oxidation sites excluding steroid dienone is 2. The van der Waals surface area contributed by atoms with Crippen molar-refractivity contribution < 1.29 is 4.79 Å². The van der Waals surface area contributed by atoms with E-state index >= 15 is 0 Å². The second kappa shape index (κ2) is 7.48. The van der Waals surface area contributed by atoms with Crippen LogP contribution in [0.2, 0.25) is 0 Å². The average Bonchev–Trinajstić information content (AvgIpc) is 3.12. The molecule has 128 valence electrons. The van der Waals surface area contributed by atoms with Crippen molar-refractivity contribution in [3.05, 3.63) is 58.7 Å². The normalized spacial score (nSPS) is 14.2. The SMILES string of the molecule is CC(C)c1ccc(CC(=O)c2ncc(C#N)[nH]2)c(C2=CCCCC2)c1. The molecule has 4 nitrogen and oxygen atoms in total. The van der Waals surface area contributed by atoms with Crippen LogP contribution in [0.1, 0.15) is 78.5 Å². The maximum absolute atomic E-state index is 12.6. The number of aromatic nitrogens is 2. The van der Waals surface area contributed by atoms with Crippen molar-refractivity contribution in [2.75, 3.05) is 0 Å². The maximum atomic E-state index is 12.6. The first kappa shape index (κ1) is 17.2. The Bertz CT molecular complexity index is 852. The van der Waals surface area contributed by atoms with Gasteiger partial charge in [-0.3, -0.25) is 4.79 Å². The van der Waals surface area contributed by atoms with Gasteiger partial charge in [0.15, 0.2) is 5.82 Å². The van der Waals surface area contributed by atoms with Gasteiger partial charge >= 0.3 is 0 Å². The van der Waals surface area contributed by atoms with Gasteiger partial charge in [0.2, 0.25) is 5.78 Å². The van der Waals surface area contributed by atoms with E-state index in [1.54, 1.807) is 0 Å². The molecule has 0 radical (unpaired) electrons. The number of hydrogen-bond acceptors (Lipinski definition) is 3. The summed E-state index contributed by atoms with van der Waals surface area (Å²) in [7, 11) is 0. The van der Waals surface area contributed by atoms with Crippen LogP contribution in [-0.4, -0.2) is 15.8 Å². The third kappa shape index (κ3) is 3.88. The number of nitrogens with zero attached hydrogens (tertiary/aromatic N) is 2. The van der Waals surface area contributed by atoms with E-state index in [-0.39, 0.29) is 11.6 Å². The van der Waals surface area contributed by atoms with E-state index in [0.29, 0.717) is 18.0 Å². The molecule has 0 bridgehead atoms. The number of hydrogen-bond donors (Lipinski definition) is 1. The molecule has 3 rings (SSSR count). The Morgan fingerprint density at radius 3 is 2.84 bits per heavy atom. The summed E-state index contributed by atoms with van der Waals surface area (Å²) in [5.41, 5.74) is 5.20. The molecule has 1 heterocycles. The van der Waals surface area contributed by atoms with Crippen molar-refractivity contribution in [1.82, 2.24) is 9.97 Å². The Hall–Kier alpha value is -2.67. The highest BCUT2D eigenvalue weighted by Crippen LogP contribution is 2.32. The van der Waals surface area contributed by atoms with E-state index in [1.165, 1.54) is 35.7 Å². The number of ketones is 1. The summed E-state index contributed by atoms with van der Waals surface area (Å²) in [6.07, 6.45) is 8.64. The van der Waals surface area contributed by atoms with Crippen LogP contribution in [-0.2, 0) is 6.42 Å². The van der Waals surface area contributed by atoms with Crippen molar-refractivity contribution in [3.63, 3.8) is 0 Å². The molecule has 25 heavy (non-hydrogen) atoms. The van der Waals surface area contributed by atoms with Crippen LogP contribution in [0, 0.1) is 11.3 Å². The van der Waals surface area contributed by atoms with Crippen LogP contribution in [0.5, 0.6) is 0 Å². The number of benzene rings is 1. The first-order chi connectivity index (χ1) is 12.1. The predicted octanol–water partition coefficient (Wildman–Crippen LogP) is 4.79. The summed E-state index contributed by atoms with van der Waals surface area (Å²) in [6.45, 7) is 4.37. The number of nitriles is 1. The molecule has 4 heteroatoms. The Labute approximate surface area is 148 Å². The van der Waals surface area contributed by atoms with Crippen molar-refractivity contribution in [1.29, 1.82) is 5.26 Å². The lowest BCUT2D eigenvalue weighted by atomic mass is 9.86. The Morgan fingerprint density at radius 1 is 1.36 bits per heavy atom. The van der Waals surface area contributed by atoms with Gasteiger partial charge in [0.05, 0.1) is 6.20 Å². The molecule has 0 aliphatic heterocycles. The van der Waals surface area contributed by atoms with Crippen molar-refractivity contribution in [2.24, 2.45) is 0 Å². The van der Waals surface area contributed by atoms with Crippen LogP contribution in [0.25, 0.3) is 5.57 Å². The molecule has 1 aromatic heterocycles. The van der Waals surface area contributed by atoms with E-state index < -0.39 is 0 Å². The van der Waals surface area contributed by atoms with E-state index in [1.807, 2.05) is 6.07 Å². The number of rotatable bonds is 5. The number of aromatic amines is 1. The topological polar surface area (TPSA) is 69.5 Å². The van der Waals surface area contributed by atoms with Gasteiger partial charge in [-0.2, -0.15) is 5.26 Å². The minimum atomic E-state index is -0.0866. The smallest absolute Gasteiger partial charge is 0.202 e. The zero-order chi connectivity index (χ0) is 17.8. The van der Waals surface area contributed by atoms with E-state index in [4.69, 9.17) is 5.26 Å². The monoisotopic (exact) mass is 333 g/mol. The lowest BCUT2D eigenvalue weighted by molar-refractivity contribution is 0.0984. The number of imidazole rings is 1. The first-order valence-electron chi connectivity index (χ1n) is 8.89. The van der Waals surface area contributed by atoms with Crippen molar-refractivity contribution in [3.8, 4) is 6.07 Å². The zero-order valence-corrected chi connectivity index (χ0v) is 14.8. The van der Waals surface area contributed by atoms with Gasteiger partial charge in [0, 0.05) is 6.42 Å². The van der Waals surface area contributed by atoms with Crippen LogP contribution in [0.3, 0.4) is 0 Å². The molecule has 0 amide bonds. The Balaban J connectivity index is 1.93. The van der Waals surface area contributed by atoms with E-state index in [9.17, 15) is 4.79 Å². The van der Waals surface area contributed by atoms with Gasteiger partial charge in [0.1, 0.15) is 11.8 Å². The van der Waals surface area contributed by atoms with Crippen molar-refractivity contribution in [2.45, 2.75) is 51.9 Å². The van der Waals surface area contributed by atoms with Gasteiger partial charge in [-0.05, 0) is 53.9 Å². The highest BCUT2D eigenvalue weighted by Gasteiger charge is 2.17. The molecular formula is C21H23N3O. The molecule has 0 saturated heterocycles. The van der Waals surface area contributed by atoms with Gasteiger partial charge in [-0.1, -0.05) is 38.1 Å². The molecular weight excluding hydrogens is 310 g/mol. The Kier molecular flexibility index (Phi) is 5.14. The van der Waals surface area contributed by atoms with Crippen LogP contribution in [0.4, 0.5) is 0 Å². The highest BCUT2D eigenvalue weighted by molar-refractivity contribution is 5.95. The lowest BCUT2D eigenvalue weighted by Crippen LogP contribution is -2.09. The van der Waals surface area contributed by atoms with Gasteiger partial charge < -0.3 is 4.98 Å². The van der Waals surface area contributed by atoms with Crippen LogP contribution in [0.15, 0.2) is 30.5 Å². The number of carbonyl (C=O) groups excluding carboxylic acids is 1. The summed E-state index contributed by atoms with van der Waals surface area (Å²) in [5.74, 6) is 0.625. The second-order valence-corrected chi connectivity index (χ2v) is 6.90. The van der Waals surface area contributed by atoms with Crippen LogP contribution < -0.4 is 0 Å². The molecule has 1 N–H and O–H groups in total. The van der Waals surface area contributed by atoms with Gasteiger partial charge in [0.25, 0.3) is 0 Å². The first-order valence-corrected chi connectivity index (χ1v) is 8.89. The summed E-state index contributed by atoms with van der Waals surface area (Å²) in [6, 6.07) is 8.40. The number of Topliss-reactive ketones (excluding diaryl/α,β-unsaturated/α-hetero) is 1. The van der Waals surface area contributed by atoms with E-state index in [0.717, 1.165) is 18.4 Å². The number of carbonyl (C=O) groups is 1. The van der Waals surface area contributed by atoms with Gasteiger partial charge in [-0.25, -0.2) is 4.98 Å². The fourth-order valence-electron chi connectivity index (χ4n) is 3.27. The molecule has 0 unspecified atom stereocenters. The molecule has 1 aliphatic rings. The quantitative estimate of drug-likeness (QED) is 0.800. The third-order valence-electron chi connectivity index (χ3n) is 4.75. The van der Waals surface area contributed by atoms with Crippen LogP contribution >= 0.6 is 0 Å². The summed E-state index contributed by atoms with van der Waals surface area (Å²) in [4.78, 5) is 19.4. The molecule has 0 saturated carbocycles. The minimum Gasteiger partial charge on any atom is -0.327 e. The predicted molar refractivity (Wildman–Crippen MR) is 98.3 cm³/mol. The van der Waals surface area contributed by atoms with Gasteiger partial charge in [-0.15, -0.1) is 0 Å². The molecule has 0 atom stereocenters. The Morgan fingerprint density at radius 2 is 2.20 bits per heavy atom. The minimum absolute atomic E-state index is 0.0866. The summed E-state index contributed by atoms with van der Waals surface area (Å²) < 4.78 is 0. The number of nitrogens with one attached hydrogen (secondary N) is 1. The molecule has 2 aromatic rings. The summed E-state index contributed by atoms with van der Waals surface area (Å²) >= 11 is 0. The maximum Gasteiger partial charge on any atom is 0.202 e. The highest BCUT2D eigenvalue weighted by atomic mass is 16.1. The molecule has 0 fully saturated rings. The number of H-pyrrole nitrogens is 1. The third-order valence-corrected chi connectivity index (χ3v) is 4.75. The standard InChI is InChI=1S/C21H23N3O/c1-14(2)16-8-9-17(19(10-16)15-6-4-3-5-7-15)11-20(25)21-23-13-18(12-22)24-21/h6,8-10,13-14H,3-5,7,11H2,1-2H3,(H,23,24). The lowest BCUT2D eigenvalue weighted by Gasteiger charge is -2.18. The fraction of sp³-hybridized carbons (Fsp3) is 0.381. The summed E-state index contributed by atoms with van der Waals surface area (Å²) in [5, 5.41) is 8.88. The molecule has 1 aliphatic carbocycles. The largest absolute Gasteiger partial charge is 0.327 e. The van der Waals surface area contributed by atoms with Crippen molar-refractivity contribution >= 4 is 11.4 Å². The molecule has 0 spiro atoms. The van der Waals surface area contributed by atoms with E-state index in [2.05, 4.69) is 48.1 Å². The average molecular weight is 333 g/mol. The zero-order valence-electron chi connectivity index (χ0n) is 14.8. The second-order valence-electron chi connectivity index (χ2n) is 6.90. The molecule has 1 aromatic carbocycles. The fourth-order valence-corrected chi connectivity index (χ4v) is 3.27.